The summed E-state index contributed by atoms with van der Waals surface area (Å²) in [6.45, 7) is 2.35. The van der Waals surface area contributed by atoms with Crippen molar-refractivity contribution >= 4 is 5.69 Å². The highest BCUT2D eigenvalue weighted by molar-refractivity contribution is 5.55. The molecule has 1 unspecified atom stereocenters. The number of nitrogens with zero attached hydrogens (tertiary/aromatic N) is 2. The molecular weight excluding hydrogens is 265 g/mol. The SMILES string of the molecule is CC(N)c1c(F)cccc1N(C)Cc1cccc(C#N)c1. The first-order valence-corrected chi connectivity index (χ1v) is 6.77. The van der Waals surface area contributed by atoms with Crippen LogP contribution in [0.25, 0.3) is 0 Å². The number of hydrogen-bond acceptors (Lipinski definition) is 3. The maximum Gasteiger partial charge on any atom is 0.130 e. The van der Waals surface area contributed by atoms with E-state index in [0.717, 1.165) is 11.3 Å². The molecule has 3 nitrogen and oxygen atoms in total. The maximum absolute atomic E-state index is 14.0. The third kappa shape index (κ3) is 3.39. The van der Waals surface area contributed by atoms with E-state index in [1.54, 1.807) is 19.1 Å². The lowest BCUT2D eigenvalue weighted by Crippen LogP contribution is -2.21. The van der Waals surface area contributed by atoms with Gasteiger partial charge < -0.3 is 10.6 Å². The Bertz CT molecular complexity index is 674. The van der Waals surface area contributed by atoms with E-state index in [1.807, 2.05) is 36.2 Å². The van der Waals surface area contributed by atoms with Crippen molar-refractivity contribution < 1.29 is 4.39 Å². The molecular formula is C17H18FN3. The predicted octanol–water partition coefficient (Wildman–Crippen LogP) is 3.35. The number of nitriles is 1. The van der Waals surface area contributed by atoms with E-state index < -0.39 is 0 Å². The van der Waals surface area contributed by atoms with Crippen LogP contribution in [0.5, 0.6) is 0 Å². The average molecular weight is 283 g/mol. The molecule has 108 valence electrons. The summed E-state index contributed by atoms with van der Waals surface area (Å²) < 4.78 is 14.0. The fourth-order valence-corrected chi connectivity index (χ4v) is 2.41. The summed E-state index contributed by atoms with van der Waals surface area (Å²) in [6, 6.07) is 14.1. The fourth-order valence-electron chi connectivity index (χ4n) is 2.41. The number of halogens is 1. The van der Waals surface area contributed by atoms with Gasteiger partial charge in [-0.3, -0.25) is 0 Å². The smallest absolute Gasteiger partial charge is 0.130 e. The average Bonchev–Trinajstić information content (AvgIpc) is 2.46. The summed E-state index contributed by atoms with van der Waals surface area (Å²) in [5.41, 5.74) is 8.78. The van der Waals surface area contributed by atoms with E-state index in [2.05, 4.69) is 6.07 Å². The third-order valence-corrected chi connectivity index (χ3v) is 3.37. The zero-order chi connectivity index (χ0) is 15.4. The van der Waals surface area contributed by atoms with Crippen LogP contribution in [0.3, 0.4) is 0 Å². The summed E-state index contributed by atoms with van der Waals surface area (Å²) >= 11 is 0. The molecule has 4 heteroatoms. The first-order valence-electron chi connectivity index (χ1n) is 6.77. The van der Waals surface area contributed by atoms with Gasteiger partial charge in [-0.1, -0.05) is 18.2 Å². The highest BCUT2D eigenvalue weighted by Crippen LogP contribution is 2.28. The predicted molar refractivity (Wildman–Crippen MR) is 82.3 cm³/mol. The van der Waals surface area contributed by atoms with Crippen molar-refractivity contribution in [1.82, 2.24) is 0 Å². The summed E-state index contributed by atoms with van der Waals surface area (Å²) in [4.78, 5) is 1.94. The summed E-state index contributed by atoms with van der Waals surface area (Å²) in [5.74, 6) is -0.292. The molecule has 0 bridgehead atoms. The van der Waals surface area contributed by atoms with Gasteiger partial charge in [-0.2, -0.15) is 5.26 Å². The van der Waals surface area contributed by atoms with Gasteiger partial charge in [0.1, 0.15) is 5.82 Å². The highest BCUT2D eigenvalue weighted by atomic mass is 19.1. The molecule has 2 aromatic rings. The van der Waals surface area contributed by atoms with Crippen molar-refractivity contribution in [2.45, 2.75) is 19.5 Å². The van der Waals surface area contributed by atoms with Gasteiger partial charge in [-0.25, -0.2) is 4.39 Å². The quantitative estimate of drug-likeness (QED) is 0.936. The van der Waals surface area contributed by atoms with Crippen LogP contribution in [0.15, 0.2) is 42.5 Å². The molecule has 2 rings (SSSR count). The molecule has 0 saturated carbocycles. The van der Waals surface area contributed by atoms with Gasteiger partial charge in [0, 0.05) is 30.9 Å². The Morgan fingerprint density at radius 1 is 1.29 bits per heavy atom. The lowest BCUT2D eigenvalue weighted by molar-refractivity contribution is 0.592. The second kappa shape index (κ2) is 6.38. The molecule has 21 heavy (non-hydrogen) atoms. The van der Waals surface area contributed by atoms with Crippen molar-refractivity contribution in [2.75, 3.05) is 11.9 Å². The van der Waals surface area contributed by atoms with Crippen LogP contribution in [-0.4, -0.2) is 7.05 Å². The number of nitrogens with two attached hydrogens (primary N) is 1. The molecule has 1 atom stereocenters. The zero-order valence-corrected chi connectivity index (χ0v) is 12.2. The van der Waals surface area contributed by atoms with Crippen molar-refractivity contribution in [2.24, 2.45) is 5.73 Å². The molecule has 0 aliphatic carbocycles. The Morgan fingerprint density at radius 3 is 2.67 bits per heavy atom. The van der Waals surface area contributed by atoms with E-state index in [-0.39, 0.29) is 11.9 Å². The second-order valence-electron chi connectivity index (χ2n) is 5.13. The van der Waals surface area contributed by atoms with Gasteiger partial charge in [0.25, 0.3) is 0 Å². The van der Waals surface area contributed by atoms with Crippen LogP contribution < -0.4 is 10.6 Å². The van der Waals surface area contributed by atoms with E-state index in [0.29, 0.717) is 17.7 Å². The Kier molecular flexibility index (Phi) is 4.56. The lowest BCUT2D eigenvalue weighted by atomic mass is 10.0. The van der Waals surface area contributed by atoms with E-state index in [4.69, 9.17) is 11.0 Å². The van der Waals surface area contributed by atoms with Gasteiger partial charge in [-0.05, 0) is 36.8 Å². The summed E-state index contributed by atoms with van der Waals surface area (Å²) in [7, 11) is 1.89. The third-order valence-electron chi connectivity index (χ3n) is 3.37. The number of anilines is 1. The zero-order valence-electron chi connectivity index (χ0n) is 12.2. The minimum Gasteiger partial charge on any atom is -0.370 e. The largest absolute Gasteiger partial charge is 0.370 e. The van der Waals surface area contributed by atoms with Gasteiger partial charge in [0.2, 0.25) is 0 Å². The van der Waals surface area contributed by atoms with Crippen molar-refractivity contribution in [3.8, 4) is 6.07 Å². The first-order chi connectivity index (χ1) is 10.0. The molecule has 0 saturated heterocycles. The maximum atomic E-state index is 14.0. The number of benzene rings is 2. The minimum absolute atomic E-state index is 0.292. The molecule has 0 aliphatic heterocycles. The second-order valence-corrected chi connectivity index (χ2v) is 5.13. The normalized spacial score (nSPS) is 11.8. The monoisotopic (exact) mass is 283 g/mol. The van der Waals surface area contributed by atoms with Crippen LogP contribution in [0.4, 0.5) is 10.1 Å². The summed E-state index contributed by atoms with van der Waals surface area (Å²) in [6.07, 6.45) is 0. The Labute approximate surface area is 124 Å². The Balaban J connectivity index is 2.30. The first kappa shape index (κ1) is 15.0. The molecule has 0 heterocycles. The topological polar surface area (TPSA) is 53.0 Å². The van der Waals surface area contributed by atoms with Gasteiger partial charge in [0.15, 0.2) is 0 Å². The number of rotatable bonds is 4. The van der Waals surface area contributed by atoms with Crippen LogP contribution in [0.2, 0.25) is 0 Å². The Morgan fingerprint density at radius 2 is 2.00 bits per heavy atom. The number of hydrogen-bond donors (Lipinski definition) is 1. The van der Waals surface area contributed by atoms with Gasteiger partial charge >= 0.3 is 0 Å². The van der Waals surface area contributed by atoms with Crippen molar-refractivity contribution in [3.05, 3.63) is 65.0 Å². The Hall–Kier alpha value is -2.38. The molecule has 0 radical (unpaired) electrons. The molecule has 2 N–H and O–H groups in total. The van der Waals surface area contributed by atoms with Crippen LogP contribution in [-0.2, 0) is 6.54 Å². The molecule has 0 amide bonds. The van der Waals surface area contributed by atoms with E-state index in [9.17, 15) is 4.39 Å². The van der Waals surface area contributed by atoms with Crippen LogP contribution in [0.1, 0.15) is 29.7 Å². The fraction of sp³-hybridized carbons (Fsp3) is 0.235. The molecule has 0 aromatic heterocycles. The van der Waals surface area contributed by atoms with Gasteiger partial charge in [-0.15, -0.1) is 0 Å². The van der Waals surface area contributed by atoms with E-state index in [1.165, 1.54) is 6.07 Å². The van der Waals surface area contributed by atoms with Crippen molar-refractivity contribution in [3.63, 3.8) is 0 Å². The molecule has 0 spiro atoms. The van der Waals surface area contributed by atoms with Crippen LogP contribution in [0, 0.1) is 17.1 Å². The summed E-state index contributed by atoms with van der Waals surface area (Å²) in [5, 5.41) is 8.94. The van der Waals surface area contributed by atoms with E-state index >= 15 is 0 Å². The molecule has 0 fully saturated rings. The highest BCUT2D eigenvalue weighted by Gasteiger charge is 2.15. The minimum atomic E-state index is -0.380. The standard InChI is InChI=1S/C17H18FN3/c1-12(20)17-15(18)7-4-8-16(17)21(2)11-14-6-3-5-13(9-14)10-19/h3-9,12H,11,20H2,1-2H3. The molecule has 0 aliphatic rings. The molecule has 2 aromatic carbocycles. The lowest BCUT2D eigenvalue weighted by Gasteiger charge is -2.24. The van der Waals surface area contributed by atoms with Crippen LogP contribution >= 0.6 is 0 Å². The van der Waals surface area contributed by atoms with Crippen molar-refractivity contribution in [1.29, 1.82) is 5.26 Å². The van der Waals surface area contributed by atoms with Gasteiger partial charge in [0.05, 0.1) is 11.6 Å².